The Labute approximate surface area is 275 Å². The van der Waals surface area contributed by atoms with Gasteiger partial charge in [0.1, 0.15) is 5.75 Å². The Morgan fingerprint density at radius 3 is 1.57 bits per heavy atom. The van der Waals surface area contributed by atoms with Gasteiger partial charge >= 0.3 is 6.01 Å². The minimum absolute atomic E-state index is 0.477. The van der Waals surface area contributed by atoms with Crippen LogP contribution in [0.15, 0.2) is 36.7 Å². The summed E-state index contributed by atoms with van der Waals surface area (Å²) in [5, 5.41) is 0. The van der Waals surface area contributed by atoms with E-state index < -0.39 is 24.2 Å². The van der Waals surface area contributed by atoms with E-state index in [0.717, 1.165) is 36.3 Å². The molecular formula is C37H68N2O2Si3. The van der Waals surface area contributed by atoms with Crippen molar-refractivity contribution in [3.05, 3.63) is 36.7 Å². The first-order valence-corrected chi connectivity index (χ1v) is 28.6. The van der Waals surface area contributed by atoms with Crippen LogP contribution in [-0.4, -0.2) is 47.4 Å². The quantitative estimate of drug-likeness (QED) is 0.0788. The van der Waals surface area contributed by atoms with Crippen LogP contribution in [-0.2, 0) is 0 Å². The van der Waals surface area contributed by atoms with Gasteiger partial charge in [0.05, 0.1) is 13.2 Å². The van der Waals surface area contributed by atoms with Crippen molar-refractivity contribution in [3.63, 3.8) is 0 Å². The van der Waals surface area contributed by atoms with Gasteiger partial charge in [-0.05, 0) is 30.5 Å². The lowest BCUT2D eigenvalue weighted by Crippen LogP contribution is -2.44. The van der Waals surface area contributed by atoms with Crippen molar-refractivity contribution in [2.75, 3.05) is 13.2 Å². The molecule has 44 heavy (non-hydrogen) atoms. The molecule has 0 unspecified atom stereocenters. The molecular weight excluding hydrogens is 589 g/mol. The van der Waals surface area contributed by atoms with Gasteiger partial charge in [-0.25, -0.2) is 9.97 Å². The van der Waals surface area contributed by atoms with Gasteiger partial charge in [-0.3, -0.25) is 0 Å². The van der Waals surface area contributed by atoms with Gasteiger partial charge < -0.3 is 9.47 Å². The summed E-state index contributed by atoms with van der Waals surface area (Å²) in [6.07, 6.45) is 22.1. The second-order valence-electron chi connectivity index (χ2n) is 16.1. The van der Waals surface area contributed by atoms with Gasteiger partial charge in [0.2, 0.25) is 0 Å². The number of hydrogen-bond donors (Lipinski definition) is 0. The molecule has 7 heteroatoms. The number of aromatic nitrogens is 2. The maximum Gasteiger partial charge on any atom is 0.316 e. The van der Waals surface area contributed by atoms with Crippen LogP contribution in [0.5, 0.6) is 11.8 Å². The van der Waals surface area contributed by atoms with E-state index in [4.69, 9.17) is 9.47 Å². The van der Waals surface area contributed by atoms with Gasteiger partial charge in [0, 0.05) is 42.2 Å². The lowest BCUT2D eigenvalue weighted by atomic mass is 10.1. The van der Waals surface area contributed by atoms with Crippen LogP contribution < -0.4 is 9.47 Å². The summed E-state index contributed by atoms with van der Waals surface area (Å²) >= 11 is 0. The lowest BCUT2D eigenvalue weighted by Gasteiger charge is -2.36. The number of benzene rings is 1. The van der Waals surface area contributed by atoms with Crippen molar-refractivity contribution < 1.29 is 9.47 Å². The van der Waals surface area contributed by atoms with Gasteiger partial charge in [-0.2, -0.15) is 0 Å². The van der Waals surface area contributed by atoms with E-state index in [9.17, 15) is 0 Å². The fourth-order valence-corrected chi connectivity index (χ4v) is 32.6. The van der Waals surface area contributed by atoms with Gasteiger partial charge in [0.15, 0.2) is 0 Å². The summed E-state index contributed by atoms with van der Waals surface area (Å²) < 4.78 is 11.7. The van der Waals surface area contributed by atoms with Crippen molar-refractivity contribution in [3.8, 4) is 22.9 Å². The second-order valence-corrected chi connectivity index (χ2v) is 33.2. The molecule has 0 aliphatic heterocycles. The van der Waals surface area contributed by atoms with Crippen molar-refractivity contribution in [2.24, 2.45) is 0 Å². The minimum atomic E-state index is -1.03. The molecule has 0 bridgehead atoms. The van der Waals surface area contributed by atoms with Gasteiger partial charge in [-0.15, -0.1) is 0 Å². The summed E-state index contributed by atoms with van der Waals surface area (Å²) in [7, 11) is -2.97. The average Bonchev–Trinajstić information content (AvgIpc) is 2.94. The van der Waals surface area contributed by atoms with E-state index in [-0.39, 0.29) is 0 Å². The molecule has 0 radical (unpaired) electrons. The van der Waals surface area contributed by atoms with E-state index in [1.165, 1.54) is 77.0 Å². The topological polar surface area (TPSA) is 44.2 Å². The van der Waals surface area contributed by atoms with Gasteiger partial charge in [0.25, 0.3) is 0 Å². The first-order valence-electron chi connectivity index (χ1n) is 18.1. The van der Waals surface area contributed by atoms with Crippen LogP contribution in [0.4, 0.5) is 0 Å². The summed E-state index contributed by atoms with van der Waals surface area (Å²) in [4.78, 5) is 8.87. The van der Waals surface area contributed by atoms with Crippen molar-refractivity contribution in [2.45, 2.75) is 160 Å². The molecule has 0 spiro atoms. The standard InChI is InChI=1S/C37H68N2O2Si3/c1-9-10-11-17-20-27-40-36-25-23-34(24-26-36)35-30-38-37(39-31-35)41-28-21-18-15-13-12-14-16-19-22-29-43(5,6)33-44(7,8)32-42(2,3)4/h23-26,30-31H,9-22,27-29,32-33H2,1-8H3. The maximum atomic E-state index is 5.89. The lowest BCUT2D eigenvalue weighted by molar-refractivity contribution is 0.281. The average molecular weight is 657 g/mol. The SMILES string of the molecule is CCCCCCCOc1ccc(-c2cnc(OCCCCCCCCCCC[Si](C)(C)C[Si](C)(C)C[Si](C)(C)C)nc2)cc1. The van der Waals surface area contributed by atoms with Crippen molar-refractivity contribution >= 4 is 24.2 Å². The molecule has 0 fully saturated rings. The predicted octanol–water partition coefficient (Wildman–Crippen LogP) is 12.2. The first kappa shape index (κ1) is 38.7. The molecule has 2 rings (SSSR count). The number of hydrogen-bond acceptors (Lipinski definition) is 4. The number of ether oxygens (including phenoxy) is 2. The normalized spacial score (nSPS) is 12.5. The molecule has 1 aromatic carbocycles. The van der Waals surface area contributed by atoms with Crippen LogP contribution in [0.2, 0.25) is 63.2 Å². The molecule has 0 aliphatic rings. The third-order valence-electron chi connectivity index (χ3n) is 8.53. The minimum Gasteiger partial charge on any atom is -0.494 e. The zero-order chi connectivity index (χ0) is 32.3. The van der Waals surface area contributed by atoms with E-state index in [1.54, 1.807) is 17.4 Å². The molecule has 1 heterocycles. The van der Waals surface area contributed by atoms with Crippen LogP contribution >= 0.6 is 0 Å². The molecule has 4 nitrogen and oxygen atoms in total. The second kappa shape index (κ2) is 20.6. The van der Waals surface area contributed by atoms with Crippen LogP contribution in [0.3, 0.4) is 0 Å². The smallest absolute Gasteiger partial charge is 0.316 e. The monoisotopic (exact) mass is 656 g/mol. The Morgan fingerprint density at radius 1 is 0.523 bits per heavy atom. The molecule has 0 saturated carbocycles. The van der Waals surface area contributed by atoms with E-state index >= 15 is 0 Å². The molecule has 0 atom stereocenters. The Hall–Kier alpha value is -1.45. The highest BCUT2D eigenvalue weighted by Crippen LogP contribution is 2.31. The molecule has 0 saturated heterocycles. The number of unbranched alkanes of at least 4 members (excludes halogenated alkanes) is 12. The summed E-state index contributed by atoms with van der Waals surface area (Å²) in [5.74, 6) is 0.926. The third-order valence-corrected chi connectivity index (χ3v) is 26.0. The Morgan fingerprint density at radius 2 is 1.02 bits per heavy atom. The highest BCUT2D eigenvalue weighted by molar-refractivity contribution is 7.02. The Kier molecular flexibility index (Phi) is 18.2. The van der Waals surface area contributed by atoms with E-state index in [0.29, 0.717) is 12.6 Å². The Balaban J connectivity index is 1.49. The fourth-order valence-electron chi connectivity index (χ4n) is 7.17. The molecule has 0 amide bonds. The number of nitrogens with zero attached hydrogens (tertiary/aromatic N) is 2. The van der Waals surface area contributed by atoms with E-state index in [2.05, 4.69) is 74.9 Å². The summed E-state index contributed by atoms with van der Waals surface area (Å²) in [6.45, 7) is 22.1. The molecule has 0 aliphatic carbocycles. The van der Waals surface area contributed by atoms with Crippen LogP contribution in [0.25, 0.3) is 11.1 Å². The number of rotatable bonds is 25. The molecule has 2 aromatic rings. The molecule has 1 aromatic heterocycles. The Bertz CT molecular complexity index is 1000. The van der Waals surface area contributed by atoms with Gasteiger partial charge in [-0.1, -0.05) is 159 Å². The van der Waals surface area contributed by atoms with Crippen molar-refractivity contribution in [1.29, 1.82) is 0 Å². The highest BCUT2D eigenvalue weighted by Gasteiger charge is 2.34. The largest absolute Gasteiger partial charge is 0.494 e. The first-order chi connectivity index (χ1) is 20.9. The zero-order valence-corrected chi connectivity index (χ0v) is 33.1. The predicted molar refractivity (Wildman–Crippen MR) is 202 cm³/mol. The fraction of sp³-hybridized carbons (Fsp3) is 0.730. The third kappa shape index (κ3) is 18.5. The molecule has 0 N–H and O–H groups in total. The maximum absolute atomic E-state index is 5.89. The zero-order valence-electron chi connectivity index (χ0n) is 30.1. The summed E-state index contributed by atoms with van der Waals surface area (Å²) in [5.41, 5.74) is 5.33. The van der Waals surface area contributed by atoms with Crippen LogP contribution in [0, 0.1) is 0 Å². The van der Waals surface area contributed by atoms with E-state index in [1.807, 2.05) is 24.5 Å². The summed E-state index contributed by atoms with van der Waals surface area (Å²) in [6, 6.07) is 10.2. The van der Waals surface area contributed by atoms with Crippen LogP contribution in [0.1, 0.15) is 96.8 Å². The highest BCUT2D eigenvalue weighted by atomic mass is 28.4. The molecule has 250 valence electrons. The van der Waals surface area contributed by atoms with Crippen molar-refractivity contribution in [1.82, 2.24) is 9.97 Å².